The third-order valence-corrected chi connectivity index (χ3v) is 1.79. The van der Waals surface area contributed by atoms with Crippen LogP contribution in [0.25, 0.3) is 5.53 Å². The smallest absolute Gasteiger partial charge is 0.295 e. The largest absolute Gasteiger partial charge is 0.399 e. The zero-order valence-corrected chi connectivity index (χ0v) is 8.38. The van der Waals surface area contributed by atoms with E-state index in [9.17, 15) is 0 Å². The number of rotatable bonds is 0. The van der Waals surface area contributed by atoms with Gasteiger partial charge in [0.1, 0.15) is 0 Å². The highest BCUT2D eigenvalue weighted by Crippen LogP contribution is 1.96. The lowest BCUT2D eigenvalue weighted by molar-refractivity contribution is -0.00537. The molecule has 0 fully saturated rings. The Bertz CT molecular complexity index is 398. The van der Waals surface area contributed by atoms with Gasteiger partial charge in [0.25, 0.3) is 5.71 Å². The summed E-state index contributed by atoms with van der Waals surface area (Å²) in [4.78, 5) is 3.03. The van der Waals surface area contributed by atoms with Crippen LogP contribution >= 0.6 is 0 Å². The van der Waals surface area contributed by atoms with E-state index in [4.69, 9.17) is 11.3 Å². The molecule has 0 heterocycles. The first-order chi connectivity index (χ1) is 7.33. The van der Waals surface area contributed by atoms with Crippen LogP contribution in [0.1, 0.15) is 6.42 Å². The van der Waals surface area contributed by atoms with E-state index in [1.165, 1.54) is 0 Å². The number of anilines is 1. The molecular formula is C12H13N3. The highest BCUT2D eigenvalue weighted by atomic mass is 14.8. The van der Waals surface area contributed by atoms with Crippen LogP contribution in [0, 0.1) is 0 Å². The molecule has 0 unspecified atom stereocenters. The van der Waals surface area contributed by atoms with Crippen molar-refractivity contribution >= 4 is 11.4 Å². The Labute approximate surface area is 89.2 Å². The molecule has 0 amide bonds. The number of benzene rings is 1. The minimum Gasteiger partial charge on any atom is -0.399 e. The molecule has 0 bridgehead atoms. The molecule has 0 aromatic heterocycles. The van der Waals surface area contributed by atoms with Crippen molar-refractivity contribution in [3.63, 3.8) is 0 Å². The van der Waals surface area contributed by atoms with E-state index in [0.29, 0.717) is 5.71 Å². The topological polar surface area (TPSA) is 62.4 Å². The van der Waals surface area contributed by atoms with Crippen molar-refractivity contribution in [3.05, 3.63) is 60.2 Å². The summed E-state index contributed by atoms with van der Waals surface area (Å²) >= 11 is 0. The van der Waals surface area contributed by atoms with Crippen molar-refractivity contribution in [2.45, 2.75) is 6.42 Å². The average molecular weight is 199 g/mol. The monoisotopic (exact) mass is 199 g/mol. The second-order valence-corrected chi connectivity index (χ2v) is 2.99. The van der Waals surface area contributed by atoms with Gasteiger partial charge in [0, 0.05) is 11.8 Å². The van der Waals surface area contributed by atoms with Crippen LogP contribution in [0.5, 0.6) is 0 Å². The molecule has 3 nitrogen and oxygen atoms in total. The Morgan fingerprint density at radius 3 is 2.20 bits per heavy atom. The number of allylic oxidation sites excluding steroid dienone is 4. The highest BCUT2D eigenvalue weighted by Gasteiger charge is 1.99. The molecule has 76 valence electrons. The fourth-order valence-electron chi connectivity index (χ4n) is 1.03. The van der Waals surface area contributed by atoms with Gasteiger partial charge in [-0.15, -0.1) is 0 Å². The van der Waals surface area contributed by atoms with Crippen LogP contribution in [-0.4, -0.2) is 10.5 Å². The quantitative estimate of drug-likeness (QED) is 0.389. The summed E-state index contributed by atoms with van der Waals surface area (Å²) in [5.74, 6) is 0. The molecule has 0 radical (unpaired) electrons. The van der Waals surface area contributed by atoms with Crippen molar-refractivity contribution in [3.8, 4) is 0 Å². The van der Waals surface area contributed by atoms with Crippen molar-refractivity contribution in [2.24, 2.45) is 0 Å². The Balaban J connectivity index is 0.000000151. The molecule has 1 aliphatic carbocycles. The maximum atomic E-state index is 8.19. The highest BCUT2D eigenvalue weighted by molar-refractivity contribution is 5.92. The Hall–Kier alpha value is -2.12. The zero-order valence-electron chi connectivity index (χ0n) is 8.38. The van der Waals surface area contributed by atoms with Crippen LogP contribution in [0.2, 0.25) is 0 Å². The van der Waals surface area contributed by atoms with Crippen LogP contribution in [-0.2, 0) is 0 Å². The van der Waals surface area contributed by atoms with Gasteiger partial charge in [-0.25, -0.2) is 0 Å². The number of nitrogens with zero attached hydrogens (tertiary/aromatic N) is 2. The maximum absolute atomic E-state index is 8.19. The molecule has 2 N–H and O–H groups in total. The molecule has 1 aromatic carbocycles. The molecule has 15 heavy (non-hydrogen) atoms. The van der Waals surface area contributed by atoms with E-state index in [1.54, 1.807) is 6.08 Å². The summed E-state index contributed by atoms with van der Waals surface area (Å²) in [5, 5.41) is 0. The number of para-hydroxylation sites is 1. The lowest BCUT2D eigenvalue weighted by Gasteiger charge is -1.85. The molecule has 2 rings (SSSR count). The molecule has 3 heteroatoms. The summed E-state index contributed by atoms with van der Waals surface area (Å²) in [5.41, 5.74) is 15.1. The molecule has 1 aromatic rings. The molecule has 1 aliphatic rings. The molecule has 0 atom stereocenters. The fourth-order valence-corrected chi connectivity index (χ4v) is 1.03. The number of hydrogen-bond acceptors (Lipinski definition) is 1. The van der Waals surface area contributed by atoms with E-state index in [1.807, 2.05) is 48.6 Å². The van der Waals surface area contributed by atoms with E-state index in [0.717, 1.165) is 12.1 Å². The summed E-state index contributed by atoms with van der Waals surface area (Å²) < 4.78 is 0. The Kier molecular flexibility index (Phi) is 4.64. The third-order valence-electron chi connectivity index (χ3n) is 1.79. The average Bonchev–Trinajstić information content (AvgIpc) is 2.32. The van der Waals surface area contributed by atoms with E-state index < -0.39 is 0 Å². The van der Waals surface area contributed by atoms with Gasteiger partial charge in [0.15, 0.2) is 0 Å². The fraction of sp³-hybridized carbons (Fsp3) is 0.0833. The van der Waals surface area contributed by atoms with Gasteiger partial charge in [-0.1, -0.05) is 36.4 Å². The standard InChI is InChI=1S/C6H6N2.C6H7N/c7-8-6-4-2-1-3-5-6;7-6-4-2-1-3-5-6/h1-4H,5H2;1-5H,7H2. The minimum atomic E-state index is 0.715. The summed E-state index contributed by atoms with van der Waals surface area (Å²) in [6, 6.07) is 9.49. The lowest BCUT2D eigenvalue weighted by Crippen LogP contribution is -1.93. The SMILES string of the molecule is Nc1ccccc1.[N-]=[N+]=C1C=CC=CC1. The molecule has 0 saturated heterocycles. The zero-order chi connectivity index (χ0) is 10.9. The summed E-state index contributed by atoms with van der Waals surface area (Å²) in [7, 11) is 0. The second-order valence-electron chi connectivity index (χ2n) is 2.99. The van der Waals surface area contributed by atoms with Gasteiger partial charge in [0.2, 0.25) is 0 Å². The minimum absolute atomic E-state index is 0.715. The predicted molar refractivity (Wildman–Crippen MR) is 62.4 cm³/mol. The first kappa shape index (κ1) is 11.0. The number of nitrogens with two attached hydrogens (primary N) is 1. The van der Waals surface area contributed by atoms with Crippen molar-refractivity contribution in [2.75, 3.05) is 5.73 Å². The summed E-state index contributed by atoms with van der Waals surface area (Å²) in [6.45, 7) is 0. The summed E-state index contributed by atoms with van der Waals surface area (Å²) in [6.07, 6.45) is 8.23. The first-order valence-electron chi connectivity index (χ1n) is 4.67. The predicted octanol–water partition coefficient (Wildman–Crippen LogP) is 2.44. The Morgan fingerprint density at radius 1 is 1.13 bits per heavy atom. The Morgan fingerprint density at radius 2 is 1.87 bits per heavy atom. The molecule has 0 saturated carbocycles. The van der Waals surface area contributed by atoms with Crippen LogP contribution in [0.15, 0.2) is 54.6 Å². The van der Waals surface area contributed by atoms with Gasteiger partial charge >= 0.3 is 0 Å². The van der Waals surface area contributed by atoms with E-state index >= 15 is 0 Å². The van der Waals surface area contributed by atoms with Crippen LogP contribution < -0.4 is 5.73 Å². The first-order valence-corrected chi connectivity index (χ1v) is 4.67. The van der Waals surface area contributed by atoms with Crippen molar-refractivity contribution in [1.82, 2.24) is 0 Å². The lowest BCUT2D eigenvalue weighted by atomic mass is 10.2. The normalized spacial score (nSPS) is 12.7. The van der Waals surface area contributed by atoms with E-state index in [2.05, 4.69) is 4.79 Å². The van der Waals surface area contributed by atoms with E-state index in [-0.39, 0.29) is 0 Å². The van der Waals surface area contributed by atoms with Crippen LogP contribution in [0.4, 0.5) is 5.69 Å². The number of hydrogen-bond donors (Lipinski definition) is 1. The molecule has 0 aliphatic heterocycles. The van der Waals surface area contributed by atoms with Gasteiger partial charge in [-0.3, -0.25) is 0 Å². The van der Waals surface area contributed by atoms with Crippen molar-refractivity contribution < 1.29 is 4.79 Å². The maximum Gasteiger partial charge on any atom is 0.295 e. The van der Waals surface area contributed by atoms with Gasteiger partial charge in [-0.05, 0) is 12.1 Å². The molecule has 0 spiro atoms. The van der Waals surface area contributed by atoms with Crippen molar-refractivity contribution in [1.29, 1.82) is 0 Å². The molecular weight excluding hydrogens is 186 g/mol. The van der Waals surface area contributed by atoms with Crippen LogP contribution in [0.3, 0.4) is 0 Å². The van der Waals surface area contributed by atoms with Gasteiger partial charge in [0.05, 0.1) is 6.42 Å². The van der Waals surface area contributed by atoms with Gasteiger partial charge in [-0.2, -0.15) is 4.79 Å². The van der Waals surface area contributed by atoms with Gasteiger partial charge < -0.3 is 11.3 Å². The second kappa shape index (κ2) is 6.35. The number of nitrogen functional groups attached to an aromatic ring is 1. The third kappa shape index (κ3) is 4.60.